The average molecular weight is 382 g/mol. The molecule has 0 saturated heterocycles. The fourth-order valence-corrected chi connectivity index (χ4v) is 4.03. The third kappa shape index (κ3) is 4.69. The first kappa shape index (κ1) is 18.6. The third-order valence-electron chi connectivity index (χ3n) is 4.17. The van der Waals surface area contributed by atoms with Crippen molar-refractivity contribution in [1.29, 1.82) is 0 Å². The zero-order valence-electron chi connectivity index (χ0n) is 14.5. The molecule has 0 aromatic heterocycles. The Bertz CT molecular complexity index is 837. The monoisotopic (exact) mass is 381 g/mol. The van der Waals surface area contributed by atoms with E-state index >= 15 is 0 Å². The van der Waals surface area contributed by atoms with Crippen molar-refractivity contribution >= 4 is 35.0 Å². The Kier molecular flexibility index (Phi) is 6.37. The molecule has 0 aliphatic rings. The molecule has 0 heterocycles. The number of carbonyl (C=O) groups is 1. The van der Waals surface area contributed by atoms with Gasteiger partial charge in [0.15, 0.2) is 0 Å². The van der Waals surface area contributed by atoms with Crippen molar-refractivity contribution in [3.63, 3.8) is 0 Å². The van der Waals surface area contributed by atoms with Crippen LogP contribution in [0.15, 0.2) is 84.9 Å². The van der Waals surface area contributed by atoms with Crippen molar-refractivity contribution in [1.82, 2.24) is 0 Å². The molecule has 0 unspecified atom stereocenters. The topological polar surface area (TPSA) is 20.3 Å². The van der Waals surface area contributed by atoms with Gasteiger partial charge >= 0.3 is 0 Å². The van der Waals surface area contributed by atoms with Gasteiger partial charge in [0.2, 0.25) is 5.91 Å². The standard InChI is InChI=1S/C22H20ClNOS/c1-24(20-10-6-3-7-11-20)21(25)16-26-22(17-8-4-2-5-9-17)18-12-14-19(23)15-13-18/h2-15,22H,16H2,1H3/t22-/m0/s1. The molecule has 3 aromatic carbocycles. The zero-order valence-corrected chi connectivity index (χ0v) is 16.1. The van der Waals surface area contributed by atoms with Crippen LogP contribution in [0.4, 0.5) is 5.69 Å². The molecule has 0 radical (unpaired) electrons. The maximum Gasteiger partial charge on any atom is 0.236 e. The van der Waals surface area contributed by atoms with Crippen molar-refractivity contribution in [3.05, 3.63) is 101 Å². The highest BCUT2D eigenvalue weighted by molar-refractivity contribution is 8.00. The summed E-state index contributed by atoms with van der Waals surface area (Å²) in [6.45, 7) is 0. The molecular formula is C22H20ClNOS. The first-order valence-corrected chi connectivity index (χ1v) is 9.81. The molecule has 3 rings (SSSR count). The third-order valence-corrected chi connectivity index (χ3v) is 5.71. The Morgan fingerprint density at radius 1 is 0.885 bits per heavy atom. The maximum atomic E-state index is 12.6. The molecule has 0 spiro atoms. The first-order chi connectivity index (χ1) is 12.6. The van der Waals surface area contributed by atoms with E-state index < -0.39 is 0 Å². The Morgan fingerprint density at radius 2 is 1.42 bits per heavy atom. The maximum absolute atomic E-state index is 12.6. The van der Waals surface area contributed by atoms with Gasteiger partial charge in [-0.3, -0.25) is 4.79 Å². The van der Waals surface area contributed by atoms with Crippen LogP contribution in [0, 0.1) is 0 Å². The molecule has 0 saturated carbocycles. The number of para-hydroxylation sites is 1. The largest absolute Gasteiger partial charge is 0.315 e. The summed E-state index contributed by atoms with van der Waals surface area (Å²) < 4.78 is 0. The van der Waals surface area contributed by atoms with Gasteiger partial charge in [0.05, 0.1) is 11.0 Å². The predicted molar refractivity (Wildman–Crippen MR) is 112 cm³/mol. The number of amides is 1. The molecule has 4 heteroatoms. The highest BCUT2D eigenvalue weighted by atomic mass is 35.5. The van der Waals surface area contributed by atoms with Crippen molar-refractivity contribution in [2.24, 2.45) is 0 Å². The lowest BCUT2D eigenvalue weighted by Crippen LogP contribution is -2.28. The number of carbonyl (C=O) groups excluding carboxylic acids is 1. The van der Waals surface area contributed by atoms with E-state index in [1.807, 2.05) is 79.8 Å². The summed E-state index contributed by atoms with van der Waals surface area (Å²) in [4.78, 5) is 14.4. The molecule has 1 amide bonds. The van der Waals surface area contributed by atoms with Gasteiger partial charge in [-0.1, -0.05) is 72.3 Å². The highest BCUT2D eigenvalue weighted by Crippen LogP contribution is 2.36. The molecule has 0 aliphatic heterocycles. The first-order valence-electron chi connectivity index (χ1n) is 8.39. The van der Waals surface area contributed by atoms with Crippen LogP contribution in [0.25, 0.3) is 0 Å². The van der Waals surface area contributed by atoms with Crippen LogP contribution >= 0.6 is 23.4 Å². The van der Waals surface area contributed by atoms with E-state index in [1.54, 1.807) is 16.7 Å². The van der Waals surface area contributed by atoms with Crippen LogP contribution in [-0.4, -0.2) is 18.7 Å². The van der Waals surface area contributed by atoms with E-state index in [1.165, 1.54) is 5.56 Å². The quantitative estimate of drug-likeness (QED) is 0.535. The van der Waals surface area contributed by atoms with Crippen molar-refractivity contribution in [2.45, 2.75) is 5.25 Å². The average Bonchev–Trinajstić information content (AvgIpc) is 2.70. The molecular weight excluding hydrogens is 362 g/mol. The van der Waals surface area contributed by atoms with Gasteiger partial charge in [0, 0.05) is 17.8 Å². The van der Waals surface area contributed by atoms with E-state index in [9.17, 15) is 4.79 Å². The molecule has 26 heavy (non-hydrogen) atoms. The molecule has 0 aliphatic carbocycles. The predicted octanol–water partition coefficient (Wildman–Crippen LogP) is 5.83. The van der Waals surface area contributed by atoms with Crippen LogP contribution in [-0.2, 0) is 4.79 Å². The van der Waals surface area contributed by atoms with E-state index in [-0.39, 0.29) is 11.2 Å². The van der Waals surface area contributed by atoms with Gasteiger partial charge in [0.25, 0.3) is 0 Å². The number of hydrogen-bond acceptors (Lipinski definition) is 2. The minimum atomic E-state index is 0.0797. The fraction of sp³-hybridized carbons (Fsp3) is 0.136. The van der Waals surface area contributed by atoms with Crippen molar-refractivity contribution < 1.29 is 4.79 Å². The smallest absolute Gasteiger partial charge is 0.236 e. The minimum Gasteiger partial charge on any atom is -0.315 e. The van der Waals surface area contributed by atoms with Gasteiger partial charge < -0.3 is 4.90 Å². The van der Waals surface area contributed by atoms with Crippen molar-refractivity contribution in [2.75, 3.05) is 17.7 Å². The number of thioether (sulfide) groups is 1. The van der Waals surface area contributed by atoms with Gasteiger partial charge in [-0.05, 0) is 35.4 Å². The molecule has 0 fully saturated rings. The summed E-state index contributed by atoms with van der Waals surface area (Å²) in [6.07, 6.45) is 0. The molecule has 3 aromatic rings. The van der Waals surface area contributed by atoms with E-state index in [0.29, 0.717) is 10.8 Å². The summed E-state index contributed by atoms with van der Waals surface area (Å²) in [5.41, 5.74) is 3.22. The number of hydrogen-bond donors (Lipinski definition) is 0. The second-order valence-electron chi connectivity index (χ2n) is 5.94. The lowest BCUT2D eigenvalue weighted by atomic mass is 10.0. The second-order valence-corrected chi connectivity index (χ2v) is 7.47. The van der Waals surface area contributed by atoms with Gasteiger partial charge in [-0.15, -0.1) is 11.8 Å². The molecule has 1 atom stereocenters. The summed E-state index contributed by atoms with van der Waals surface area (Å²) in [6, 6.07) is 27.8. The number of nitrogens with zero attached hydrogens (tertiary/aromatic N) is 1. The molecule has 0 N–H and O–H groups in total. The van der Waals surface area contributed by atoms with Gasteiger partial charge in [-0.2, -0.15) is 0 Å². The van der Waals surface area contributed by atoms with E-state index in [2.05, 4.69) is 12.1 Å². The Labute approximate surface area is 163 Å². The number of rotatable bonds is 6. The molecule has 0 bridgehead atoms. The lowest BCUT2D eigenvalue weighted by molar-refractivity contribution is -0.115. The SMILES string of the molecule is CN(C(=O)CS[C@@H](c1ccccc1)c1ccc(Cl)cc1)c1ccccc1. The number of halogens is 1. The summed E-state index contributed by atoms with van der Waals surface area (Å²) in [5, 5.41) is 0.798. The minimum absolute atomic E-state index is 0.0797. The number of anilines is 1. The van der Waals surface area contributed by atoms with Crippen LogP contribution in [0.3, 0.4) is 0 Å². The Hall–Kier alpha value is -2.23. The van der Waals surface area contributed by atoms with Crippen LogP contribution < -0.4 is 4.90 Å². The van der Waals surface area contributed by atoms with Crippen LogP contribution in [0.2, 0.25) is 5.02 Å². The zero-order chi connectivity index (χ0) is 18.4. The second kappa shape index (κ2) is 8.93. The summed E-state index contributed by atoms with van der Waals surface area (Å²) in [5.74, 6) is 0.476. The van der Waals surface area contributed by atoms with Crippen LogP contribution in [0.5, 0.6) is 0 Å². The van der Waals surface area contributed by atoms with Gasteiger partial charge in [0.1, 0.15) is 0 Å². The molecule has 2 nitrogen and oxygen atoms in total. The normalized spacial score (nSPS) is 11.8. The fourth-order valence-electron chi connectivity index (χ4n) is 2.70. The molecule has 132 valence electrons. The van der Waals surface area contributed by atoms with Gasteiger partial charge in [-0.25, -0.2) is 0 Å². The summed E-state index contributed by atoms with van der Waals surface area (Å²) >= 11 is 7.66. The van der Waals surface area contributed by atoms with Crippen molar-refractivity contribution in [3.8, 4) is 0 Å². The number of benzene rings is 3. The lowest BCUT2D eigenvalue weighted by Gasteiger charge is -2.21. The van der Waals surface area contributed by atoms with E-state index in [0.717, 1.165) is 11.3 Å². The Morgan fingerprint density at radius 3 is 2.04 bits per heavy atom. The Balaban J connectivity index is 1.76. The van der Waals surface area contributed by atoms with E-state index in [4.69, 9.17) is 11.6 Å². The highest BCUT2D eigenvalue weighted by Gasteiger charge is 2.18. The summed E-state index contributed by atoms with van der Waals surface area (Å²) in [7, 11) is 1.82. The van der Waals surface area contributed by atoms with Crippen LogP contribution in [0.1, 0.15) is 16.4 Å².